The van der Waals surface area contributed by atoms with E-state index in [1.807, 2.05) is 29.1 Å². The fourth-order valence-corrected chi connectivity index (χ4v) is 3.31. The van der Waals surface area contributed by atoms with Crippen LogP contribution in [-0.2, 0) is 0 Å². The average Bonchev–Trinajstić information content (AvgIpc) is 3.12. The maximum absolute atomic E-state index is 5.86. The zero-order valence-corrected chi connectivity index (χ0v) is 17.2. The summed E-state index contributed by atoms with van der Waals surface area (Å²) in [7, 11) is 4.15. The first-order valence-electron chi connectivity index (χ1n) is 9.90. The Bertz CT molecular complexity index is 1080. The van der Waals surface area contributed by atoms with Crippen LogP contribution in [0.3, 0.4) is 0 Å². The molecule has 0 amide bonds. The maximum atomic E-state index is 5.86. The molecular weight excluding hydrogens is 360 g/mol. The Morgan fingerprint density at radius 2 is 1.72 bits per heavy atom. The lowest BCUT2D eigenvalue weighted by atomic mass is 10.1. The van der Waals surface area contributed by atoms with Crippen molar-refractivity contribution in [3.8, 4) is 22.7 Å². The molecule has 2 aromatic heterocycles. The molecule has 5 nitrogen and oxygen atoms in total. The van der Waals surface area contributed by atoms with Gasteiger partial charge in [0.1, 0.15) is 11.4 Å². The molecule has 0 atom stereocenters. The van der Waals surface area contributed by atoms with E-state index in [2.05, 4.69) is 73.4 Å². The van der Waals surface area contributed by atoms with Crippen LogP contribution >= 0.6 is 0 Å². The molecule has 0 saturated heterocycles. The molecule has 4 rings (SSSR count). The number of hydrogen-bond donors (Lipinski definition) is 0. The number of aryl methyl sites for hydroxylation is 1. The lowest BCUT2D eigenvalue weighted by Crippen LogP contribution is -2.15. The van der Waals surface area contributed by atoms with Crippen LogP contribution in [0.15, 0.2) is 66.9 Å². The highest BCUT2D eigenvalue weighted by Crippen LogP contribution is 2.29. The van der Waals surface area contributed by atoms with E-state index in [1.54, 1.807) is 0 Å². The van der Waals surface area contributed by atoms with Crippen molar-refractivity contribution in [3.05, 3.63) is 72.4 Å². The summed E-state index contributed by atoms with van der Waals surface area (Å²) in [6.07, 6.45) is 2.81. The highest BCUT2D eigenvalue weighted by molar-refractivity contribution is 5.92. The summed E-state index contributed by atoms with van der Waals surface area (Å²) in [4.78, 5) is 6.74. The fourth-order valence-electron chi connectivity index (χ4n) is 3.31. The van der Waals surface area contributed by atoms with Crippen LogP contribution in [0.2, 0.25) is 0 Å². The molecule has 0 saturated carbocycles. The molecule has 2 aromatic carbocycles. The molecule has 0 unspecified atom stereocenters. The normalized spacial score (nSPS) is 11.3. The number of aromatic nitrogens is 3. The molecule has 148 valence electrons. The molecule has 0 aliphatic carbocycles. The monoisotopic (exact) mass is 386 g/mol. The largest absolute Gasteiger partial charge is 0.494 e. The van der Waals surface area contributed by atoms with Crippen molar-refractivity contribution in [2.75, 3.05) is 27.2 Å². The smallest absolute Gasteiger partial charge is 0.163 e. The predicted octanol–water partition coefficient (Wildman–Crippen LogP) is 4.73. The van der Waals surface area contributed by atoms with Gasteiger partial charge in [-0.25, -0.2) is 9.67 Å². The molecule has 5 heteroatoms. The summed E-state index contributed by atoms with van der Waals surface area (Å²) in [5.41, 5.74) is 5.06. The summed E-state index contributed by atoms with van der Waals surface area (Å²) in [5.74, 6) is 0.882. The minimum atomic E-state index is 0.715. The summed E-state index contributed by atoms with van der Waals surface area (Å²) < 4.78 is 7.77. The zero-order chi connectivity index (χ0) is 20.2. The number of hydrogen-bond acceptors (Lipinski definition) is 4. The number of ether oxygens (including phenoxy) is 1. The molecule has 2 heterocycles. The van der Waals surface area contributed by atoms with Gasteiger partial charge in [0.05, 0.1) is 12.3 Å². The summed E-state index contributed by atoms with van der Waals surface area (Å²) in [6, 6.07) is 20.5. The molecule has 0 aliphatic rings. The van der Waals surface area contributed by atoms with Gasteiger partial charge in [-0.3, -0.25) is 0 Å². The zero-order valence-electron chi connectivity index (χ0n) is 17.2. The van der Waals surface area contributed by atoms with Crippen molar-refractivity contribution in [1.29, 1.82) is 0 Å². The molecule has 29 heavy (non-hydrogen) atoms. The maximum Gasteiger partial charge on any atom is 0.163 e. The van der Waals surface area contributed by atoms with Crippen LogP contribution in [0, 0.1) is 6.92 Å². The van der Waals surface area contributed by atoms with Gasteiger partial charge >= 0.3 is 0 Å². The first-order chi connectivity index (χ1) is 14.1. The molecule has 0 N–H and O–H groups in total. The van der Waals surface area contributed by atoms with Crippen molar-refractivity contribution in [1.82, 2.24) is 19.7 Å². The Hall–Kier alpha value is -3.18. The van der Waals surface area contributed by atoms with E-state index in [4.69, 9.17) is 9.84 Å². The Labute approximate surface area is 171 Å². The minimum absolute atomic E-state index is 0.715. The highest BCUT2D eigenvalue weighted by atomic mass is 16.5. The molecule has 0 fully saturated rings. The molecule has 0 aliphatic heterocycles. The van der Waals surface area contributed by atoms with Crippen LogP contribution in [0.1, 0.15) is 12.0 Å². The van der Waals surface area contributed by atoms with Gasteiger partial charge in [0.2, 0.25) is 0 Å². The Balaban J connectivity index is 1.62. The second-order valence-corrected chi connectivity index (χ2v) is 7.50. The number of benzene rings is 2. The van der Waals surface area contributed by atoms with E-state index < -0.39 is 0 Å². The third-order valence-corrected chi connectivity index (χ3v) is 4.87. The summed E-state index contributed by atoms with van der Waals surface area (Å²) >= 11 is 0. The lowest BCUT2D eigenvalue weighted by Gasteiger charge is -2.10. The van der Waals surface area contributed by atoms with Gasteiger partial charge in [-0.2, -0.15) is 5.10 Å². The van der Waals surface area contributed by atoms with Crippen molar-refractivity contribution in [3.63, 3.8) is 0 Å². The standard InChI is InChI=1S/C24H26N4O/c1-18-7-11-20(12-8-18)28-24-22(6-4-15-25-24)23(26-28)19-9-13-21(14-10-19)29-17-5-16-27(2)3/h4,6-15H,5,16-17H2,1-3H3. The fraction of sp³-hybridized carbons (Fsp3) is 0.250. The molecule has 0 bridgehead atoms. The Morgan fingerprint density at radius 1 is 0.966 bits per heavy atom. The van der Waals surface area contributed by atoms with Crippen LogP contribution in [0.25, 0.3) is 28.0 Å². The van der Waals surface area contributed by atoms with Crippen LogP contribution < -0.4 is 4.74 Å². The van der Waals surface area contributed by atoms with Gasteiger partial charge in [0, 0.05) is 23.7 Å². The van der Waals surface area contributed by atoms with Crippen molar-refractivity contribution >= 4 is 11.0 Å². The number of pyridine rings is 1. The Morgan fingerprint density at radius 3 is 2.45 bits per heavy atom. The van der Waals surface area contributed by atoms with E-state index in [0.717, 1.165) is 46.7 Å². The van der Waals surface area contributed by atoms with Gasteiger partial charge in [0.15, 0.2) is 5.65 Å². The Kier molecular flexibility index (Phi) is 5.58. The third-order valence-electron chi connectivity index (χ3n) is 4.87. The van der Waals surface area contributed by atoms with Crippen molar-refractivity contribution < 1.29 is 4.74 Å². The summed E-state index contributed by atoms with van der Waals surface area (Å²) in [6.45, 7) is 3.82. The highest BCUT2D eigenvalue weighted by Gasteiger charge is 2.14. The second kappa shape index (κ2) is 8.45. The summed E-state index contributed by atoms with van der Waals surface area (Å²) in [5, 5.41) is 5.93. The van der Waals surface area contributed by atoms with Crippen LogP contribution in [0.5, 0.6) is 5.75 Å². The van der Waals surface area contributed by atoms with E-state index in [-0.39, 0.29) is 0 Å². The first-order valence-corrected chi connectivity index (χ1v) is 9.90. The third kappa shape index (κ3) is 4.30. The molecule has 0 spiro atoms. The van der Waals surface area contributed by atoms with Gasteiger partial charge in [-0.1, -0.05) is 17.7 Å². The minimum Gasteiger partial charge on any atom is -0.494 e. The molecule has 4 aromatic rings. The van der Waals surface area contributed by atoms with E-state index in [9.17, 15) is 0 Å². The predicted molar refractivity (Wildman–Crippen MR) is 118 cm³/mol. The van der Waals surface area contributed by atoms with Crippen LogP contribution in [-0.4, -0.2) is 46.9 Å². The van der Waals surface area contributed by atoms with Crippen molar-refractivity contribution in [2.24, 2.45) is 0 Å². The number of nitrogens with zero attached hydrogens (tertiary/aromatic N) is 4. The lowest BCUT2D eigenvalue weighted by molar-refractivity contribution is 0.281. The topological polar surface area (TPSA) is 43.2 Å². The van der Waals surface area contributed by atoms with E-state index in [0.29, 0.717) is 6.61 Å². The molecular formula is C24H26N4O. The quantitative estimate of drug-likeness (QED) is 0.431. The SMILES string of the molecule is Cc1ccc(-n2nc(-c3ccc(OCCCN(C)C)cc3)c3cccnc32)cc1. The van der Waals surface area contributed by atoms with Crippen LogP contribution in [0.4, 0.5) is 0 Å². The number of rotatable bonds is 7. The molecule has 0 radical (unpaired) electrons. The van der Waals surface area contributed by atoms with Crippen molar-refractivity contribution in [2.45, 2.75) is 13.3 Å². The van der Waals surface area contributed by atoms with Gasteiger partial charge < -0.3 is 9.64 Å². The number of fused-ring (bicyclic) bond motifs is 1. The van der Waals surface area contributed by atoms with E-state index in [1.165, 1.54) is 5.56 Å². The first kappa shape index (κ1) is 19.2. The van der Waals surface area contributed by atoms with E-state index >= 15 is 0 Å². The van der Waals surface area contributed by atoms with Gasteiger partial charge in [0.25, 0.3) is 0 Å². The van der Waals surface area contributed by atoms with Gasteiger partial charge in [-0.05, 0) is 76.0 Å². The van der Waals surface area contributed by atoms with Gasteiger partial charge in [-0.15, -0.1) is 0 Å². The average molecular weight is 386 g/mol. The second-order valence-electron chi connectivity index (χ2n) is 7.50.